The average molecular weight is 381 g/mol. The summed E-state index contributed by atoms with van der Waals surface area (Å²) in [6, 6.07) is 11.2. The fraction of sp³-hybridized carbons (Fsp3) is 0.350. The van der Waals surface area contributed by atoms with Crippen molar-refractivity contribution in [2.24, 2.45) is 0 Å². The van der Waals surface area contributed by atoms with Gasteiger partial charge in [-0.05, 0) is 31.2 Å². The van der Waals surface area contributed by atoms with Gasteiger partial charge >= 0.3 is 12.0 Å². The number of carbonyl (C=O) groups excluding carboxylic acids is 2. The number of para-hydroxylation sites is 2. The Labute approximate surface area is 162 Å². The molecule has 0 radical (unpaired) electrons. The molecule has 1 aliphatic rings. The van der Waals surface area contributed by atoms with E-state index in [1.54, 1.807) is 11.8 Å². The number of urea groups is 1. The Hall–Kier alpha value is -3.29. The van der Waals surface area contributed by atoms with Gasteiger partial charge in [-0.15, -0.1) is 0 Å². The number of amides is 2. The fourth-order valence-electron chi connectivity index (χ4n) is 3.57. The molecule has 0 aliphatic carbocycles. The van der Waals surface area contributed by atoms with E-state index in [1.165, 1.54) is 7.11 Å². The Morgan fingerprint density at radius 1 is 1.07 bits per heavy atom. The van der Waals surface area contributed by atoms with Crippen molar-refractivity contribution in [3.05, 3.63) is 42.6 Å². The Kier molecular flexibility index (Phi) is 4.77. The van der Waals surface area contributed by atoms with Crippen LogP contribution in [0.1, 0.15) is 6.92 Å². The van der Waals surface area contributed by atoms with E-state index in [4.69, 9.17) is 4.98 Å². The lowest BCUT2D eigenvalue weighted by Crippen LogP contribution is -2.54. The molecule has 1 N–H and O–H groups in total. The Balaban J connectivity index is 1.50. The number of methoxy groups -OCH3 is 1. The van der Waals surface area contributed by atoms with Gasteiger partial charge in [0.2, 0.25) is 0 Å². The van der Waals surface area contributed by atoms with Crippen LogP contribution in [0, 0.1) is 0 Å². The molecule has 1 atom stereocenters. The summed E-state index contributed by atoms with van der Waals surface area (Å²) >= 11 is 0. The molecule has 8 heteroatoms. The number of carbonyl (C=O) groups is 2. The Morgan fingerprint density at radius 3 is 2.54 bits per heavy atom. The first-order valence-electron chi connectivity index (χ1n) is 9.32. The molecule has 1 saturated heterocycles. The van der Waals surface area contributed by atoms with Crippen molar-refractivity contribution in [1.82, 2.24) is 19.6 Å². The highest BCUT2D eigenvalue weighted by atomic mass is 16.5. The van der Waals surface area contributed by atoms with Crippen molar-refractivity contribution >= 4 is 34.4 Å². The molecule has 2 aromatic heterocycles. The fourth-order valence-corrected chi connectivity index (χ4v) is 3.57. The van der Waals surface area contributed by atoms with Crippen LogP contribution < -0.4 is 10.2 Å². The molecule has 3 heterocycles. The second-order valence-electron chi connectivity index (χ2n) is 6.86. The van der Waals surface area contributed by atoms with Gasteiger partial charge in [-0.3, -0.25) is 0 Å². The highest BCUT2D eigenvalue weighted by Gasteiger charge is 2.26. The maximum Gasteiger partial charge on any atom is 0.328 e. The first kappa shape index (κ1) is 18.1. The van der Waals surface area contributed by atoms with Gasteiger partial charge in [0.1, 0.15) is 6.04 Å². The first-order valence-corrected chi connectivity index (χ1v) is 9.32. The van der Waals surface area contributed by atoms with Gasteiger partial charge in [-0.1, -0.05) is 12.1 Å². The van der Waals surface area contributed by atoms with Crippen LogP contribution in [0.25, 0.3) is 16.6 Å². The summed E-state index contributed by atoms with van der Waals surface area (Å²) < 4.78 is 6.80. The van der Waals surface area contributed by atoms with E-state index in [2.05, 4.69) is 31.5 Å². The summed E-state index contributed by atoms with van der Waals surface area (Å²) in [5, 5.41) is 2.68. The smallest absolute Gasteiger partial charge is 0.328 e. The van der Waals surface area contributed by atoms with E-state index in [1.807, 2.05) is 30.5 Å². The molecule has 4 rings (SSSR count). The van der Waals surface area contributed by atoms with Crippen LogP contribution in [0.2, 0.25) is 0 Å². The number of anilines is 1. The van der Waals surface area contributed by atoms with Crippen LogP contribution in [0.15, 0.2) is 42.6 Å². The summed E-state index contributed by atoms with van der Waals surface area (Å²) in [7, 11) is 1.31. The molecular weight excluding hydrogens is 358 g/mol. The van der Waals surface area contributed by atoms with E-state index in [0.29, 0.717) is 26.2 Å². The molecule has 3 aromatic rings. The van der Waals surface area contributed by atoms with E-state index in [0.717, 1.165) is 22.4 Å². The molecule has 2 amide bonds. The predicted octanol–water partition coefficient (Wildman–Crippen LogP) is 1.88. The Bertz CT molecular complexity index is 1020. The van der Waals surface area contributed by atoms with Gasteiger partial charge in [0.15, 0.2) is 5.82 Å². The minimum atomic E-state index is -0.668. The molecule has 1 aromatic carbocycles. The van der Waals surface area contributed by atoms with Crippen molar-refractivity contribution in [2.75, 3.05) is 38.2 Å². The molecule has 1 unspecified atom stereocenters. The van der Waals surface area contributed by atoms with Crippen molar-refractivity contribution in [1.29, 1.82) is 0 Å². The predicted molar refractivity (Wildman–Crippen MR) is 106 cm³/mol. The number of rotatable bonds is 3. The zero-order chi connectivity index (χ0) is 19.7. The summed E-state index contributed by atoms with van der Waals surface area (Å²) in [6.45, 7) is 4.07. The van der Waals surface area contributed by atoms with E-state index < -0.39 is 12.0 Å². The minimum absolute atomic E-state index is 0.253. The number of nitrogens with zero attached hydrogens (tertiary/aromatic N) is 4. The monoisotopic (exact) mass is 381 g/mol. The van der Waals surface area contributed by atoms with Crippen LogP contribution in [0.5, 0.6) is 0 Å². The lowest BCUT2D eigenvalue weighted by Gasteiger charge is -2.36. The number of piperazine rings is 1. The van der Waals surface area contributed by atoms with Gasteiger partial charge in [-0.25, -0.2) is 14.6 Å². The van der Waals surface area contributed by atoms with E-state index in [9.17, 15) is 9.59 Å². The molecular formula is C20H23N5O3. The van der Waals surface area contributed by atoms with Crippen LogP contribution in [0.3, 0.4) is 0 Å². The van der Waals surface area contributed by atoms with Crippen molar-refractivity contribution in [3.63, 3.8) is 0 Å². The highest BCUT2D eigenvalue weighted by Crippen LogP contribution is 2.26. The van der Waals surface area contributed by atoms with Crippen molar-refractivity contribution < 1.29 is 14.3 Å². The van der Waals surface area contributed by atoms with Gasteiger partial charge in [0.25, 0.3) is 0 Å². The quantitative estimate of drug-likeness (QED) is 0.701. The standard InChI is InChI=1S/C20H23N5O3/c1-14(19(26)28-2)21-20(27)24-12-10-23(11-13-24)18-17-8-5-9-25(17)16-7-4-3-6-15(16)22-18/h3-9,14H,10-13H2,1-2H3,(H,21,27). The van der Waals surface area contributed by atoms with Crippen molar-refractivity contribution in [3.8, 4) is 0 Å². The van der Waals surface area contributed by atoms with Gasteiger partial charge < -0.3 is 24.3 Å². The number of hydrogen-bond donors (Lipinski definition) is 1. The minimum Gasteiger partial charge on any atom is -0.467 e. The van der Waals surface area contributed by atoms with Crippen LogP contribution in [-0.2, 0) is 9.53 Å². The number of aromatic nitrogens is 2. The number of esters is 1. The third kappa shape index (κ3) is 3.21. The number of benzene rings is 1. The summed E-state index contributed by atoms with van der Waals surface area (Å²) in [4.78, 5) is 32.7. The van der Waals surface area contributed by atoms with Crippen molar-refractivity contribution in [2.45, 2.75) is 13.0 Å². The number of nitrogens with one attached hydrogen (secondary N) is 1. The zero-order valence-corrected chi connectivity index (χ0v) is 16.0. The maximum atomic E-state index is 12.4. The van der Waals surface area contributed by atoms with E-state index >= 15 is 0 Å². The second kappa shape index (κ2) is 7.38. The summed E-state index contributed by atoms with van der Waals surface area (Å²) in [5.41, 5.74) is 3.06. The topological polar surface area (TPSA) is 79.2 Å². The average Bonchev–Trinajstić information content (AvgIpc) is 3.23. The van der Waals surface area contributed by atoms with Crippen LogP contribution >= 0.6 is 0 Å². The maximum absolute atomic E-state index is 12.4. The molecule has 8 nitrogen and oxygen atoms in total. The number of fused-ring (bicyclic) bond motifs is 3. The second-order valence-corrected chi connectivity index (χ2v) is 6.86. The lowest BCUT2D eigenvalue weighted by atomic mass is 10.2. The van der Waals surface area contributed by atoms with Gasteiger partial charge in [0.05, 0.1) is 23.7 Å². The number of hydrogen-bond acceptors (Lipinski definition) is 5. The van der Waals surface area contributed by atoms with E-state index in [-0.39, 0.29) is 6.03 Å². The Morgan fingerprint density at radius 2 is 1.79 bits per heavy atom. The molecule has 1 aliphatic heterocycles. The highest BCUT2D eigenvalue weighted by molar-refractivity contribution is 5.86. The molecule has 0 saturated carbocycles. The van der Waals surface area contributed by atoms with Gasteiger partial charge in [0, 0.05) is 32.4 Å². The summed E-state index contributed by atoms with van der Waals surface area (Å²) in [5.74, 6) is 0.467. The zero-order valence-electron chi connectivity index (χ0n) is 16.0. The van der Waals surface area contributed by atoms with Crippen LogP contribution in [-0.4, -0.2) is 65.6 Å². The number of ether oxygens (including phenoxy) is 1. The van der Waals surface area contributed by atoms with Crippen LogP contribution in [0.4, 0.5) is 10.6 Å². The SMILES string of the molecule is COC(=O)C(C)NC(=O)N1CCN(c2nc3ccccc3n3cccc23)CC1. The molecule has 0 bridgehead atoms. The normalized spacial score (nSPS) is 15.6. The third-order valence-electron chi connectivity index (χ3n) is 5.11. The molecule has 146 valence electrons. The largest absolute Gasteiger partial charge is 0.467 e. The third-order valence-corrected chi connectivity index (χ3v) is 5.11. The summed E-state index contributed by atoms with van der Waals surface area (Å²) in [6.07, 6.45) is 2.04. The molecule has 1 fully saturated rings. The molecule has 0 spiro atoms. The van der Waals surface area contributed by atoms with Gasteiger partial charge in [-0.2, -0.15) is 0 Å². The molecule has 28 heavy (non-hydrogen) atoms. The first-order chi connectivity index (χ1) is 13.6. The lowest BCUT2D eigenvalue weighted by molar-refractivity contribution is -0.142.